The fourth-order valence-corrected chi connectivity index (χ4v) is 20.2. The Morgan fingerprint density at radius 3 is 0.847 bits per heavy atom. The van der Waals surface area contributed by atoms with Crippen molar-refractivity contribution >= 4 is 197 Å². The molecule has 0 bridgehead atoms. The molecular weight excluding hydrogens is 1640 g/mol. The molecule has 20 heterocycles. The fraction of sp³-hybridized carbons (Fsp3) is 0.250. The van der Waals surface area contributed by atoms with Gasteiger partial charge in [-0.25, -0.2) is 59.8 Å². The molecule has 5 atom stereocenters. The number of nitrogens with zero attached hydrogens (tertiary/aromatic N) is 22. The van der Waals surface area contributed by atoms with E-state index in [9.17, 15) is 0 Å². The lowest BCUT2D eigenvalue weighted by Gasteiger charge is -2.33. The lowest BCUT2D eigenvalue weighted by atomic mass is 10.1. The zero-order valence-electron chi connectivity index (χ0n) is 76.4. The standard InChI is InChI=1S/2C22H22N4O.C21H21N5O.C20H18N4O.C19H17N5O/c1-13(2)25-15(4)26(18-8-6-11-23-21(18)25)19-14(3)9-10-16-17-7-5-12-24-22(17)27-20(16)19;1-13(2)25-15(4)26(21-18(25)8-6-11-23-21)19-14(3)9-10-16-17-7-5-12-24-22(17)27-20(16)19;1-12(2)25-14(4)26(20-19(25)22-10-11-23-20)17-13(3)7-8-15-16-6-5-9-24-21(16)27-18(15)17;1-12-8-9-14-15-6-4-11-22-20(15)25-18(14)17(12)24-13(2)23(3)19-16(24)7-5-10-21-19;1-11-6-7-13-14-5-4-8-22-19(14)25-16(13)15(11)24-12(2)23(3)17-18(24)21-10-9-20-17/h2*5-13,15H,1-4H3;5-12,14H,1-4H3;4-11,13H,1-3H3;4-10,12H,1-3H3. The number of aryl methyl sites for hydroxylation is 5. The SMILES string of the molecule is Cc1ccc2c(oc3ncccc32)c1N1c2cccnc2N(C(C)C)C1C.Cc1ccc2c(oc3ncccc32)c1N1c2cccnc2N(C)C1C.Cc1ccc2c(oc3ncccc32)c1N1c2ncccc2N(C(C)C)C1C.Cc1ccc2c(oc3ncccc32)c1N1c2nccnc2N(C(C)C)C1C.Cc1ccc2c(oc3ncccc32)c1N1c2nccnc2N(C)C1C. The Balaban J connectivity index is 0.0000000989. The average molecular weight is 1740 g/mol. The predicted molar refractivity (Wildman–Crippen MR) is 526 cm³/mol. The molecule has 0 spiro atoms. The number of aromatic nitrogens is 12. The molecule has 0 saturated carbocycles. The number of fused-ring (bicyclic) bond motifs is 20. The minimum absolute atomic E-state index is 0.0767. The third-order valence-corrected chi connectivity index (χ3v) is 26.3. The molecule has 656 valence electrons. The van der Waals surface area contributed by atoms with Gasteiger partial charge in [0.05, 0.1) is 45.5 Å². The van der Waals surface area contributed by atoms with E-state index in [2.05, 4.69) is 325 Å². The van der Waals surface area contributed by atoms with Crippen molar-refractivity contribution in [1.82, 2.24) is 59.8 Å². The van der Waals surface area contributed by atoms with Crippen LogP contribution in [0.15, 0.2) is 254 Å². The number of anilines is 15. The zero-order valence-corrected chi connectivity index (χ0v) is 76.4. The van der Waals surface area contributed by atoms with Crippen molar-refractivity contribution in [3.63, 3.8) is 0 Å². The number of hydrogen-bond acceptors (Lipinski definition) is 27. The van der Waals surface area contributed by atoms with Crippen molar-refractivity contribution in [3.05, 3.63) is 260 Å². The molecule has 27 nitrogen and oxygen atoms in total. The highest BCUT2D eigenvalue weighted by molar-refractivity contribution is 6.15. The van der Waals surface area contributed by atoms with Crippen molar-refractivity contribution < 1.29 is 22.1 Å². The second kappa shape index (κ2) is 32.3. The van der Waals surface area contributed by atoms with E-state index in [1.165, 1.54) is 11.1 Å². The molecule has 0 saturated heterocycles. The highest BCUT2D eigenvalue weighted by atomic mass is 16.4. The Labute approximate surface area is 756 Å². The molecule has 5 aliphatic heterocycles. The van der Waals surface area contributed by atoms with E-state index in [1.54, 1.807) is 55.8 Å². The molecule has 0 N–H and O–H groups in total. The maximum Gasteiger partial charge on any atom is 0.227 e. The first-order valence-corrected chi connectivity index (χ1v) is 44.6. The van der Waals surface area contributed by atoms with Gasteiger partial charge in [0, 0.05) is 160 Å². The molecule has 25 rings (SSSR count). The molecule has 5 aromatic carbocycles. The zero-order chi connectivity index (χ0) is 90.4. The normalized spacial score (nSPS) is 16.8. The van der Waals surface area contributed by atoms with Crippen LogP contribution in [-0.2, 0) is 0 Å². The van der Waals surface area contributed by atoms with Gasteiger partial charge in [0.15, 0.2) is 68.6 Å². The van der Waals surface area contributed by atoms with E-state index in [0.29, 0.717) is 46.7 Å². The number of rotatable bonds is 8. The first-order valence-electron chi connectivity index (χ1n) is 44.6. The summed E-state index contributed by atoms with van der Waals surface area (Å²) in [4.78, 5) is 77.1. The van der Waals surface area contributed by atoms with E-state index in [4.69, 9.17) is 27.1 Å². The van der Waals surface area contributed by atoms with Crippen LogP contribution in [0.1, 0.15) is 104 Å². The van der Waals surface area contributed by atoms with E-state index in [-0.39, 0.29) is 30.8 Å². The van der Waals surface area contributed by atoms with Crippen molar-refractivity contribution in [2.24, 2.45) is 0 Å². The molecule has 0 amide bonds. The number of benzene rings is 5. The Morgan fingerprint density at radius 2 is 0.466 bits per heavy atom. The molecule has 0 radical (unpaired) electrons. The van der Waals surface area contributed by atoms with Gasteiger partial charge < -0.3 is 61.3 Å². The molecule has 5 aliphatic rings. The summed E-state index contributed by atoms with van der Waals surface area (Å²) < 4.78 is 31.0. The summed E-state index contributed by atoms with van der Waals surface area (Å²) in [6.45, 7) is 34.7. The summed E-state index contributed by atoms with van der Waals surface area (Å²) in [6, 6.07) is 54.7. The monoisotopic (exact) mass is 1740 g/mol. The summed E-state index contributed by atoms with van der Waals surface area (Å²) in [5, 5.41) is 10.6. The predicted octanol–water partition coefficient (Wildman–Crippen LogP) is 24.2. The van der Waals surface area contributed by atoms with E-state index in [0.717, 1.165) is 185 Å². The molecule has 131 heavy (non-hydrogen) atoms. The van der Waals surface area contributed by atoms with Crippen molar-refractivity contribution in [1.29, 1.82) is 0 Å². The van der Waals surface area contributed by atoms with Gasteiger partial charge in [0.2, 0.25) is 28.6 Å². The van der Waals surface area contributed by atoms with E-state index in [1.807, 2.05) is 80.2 Å². The Kier molecular flexibility index (Phi) is 20.3. The van der Waals surface area contributed by atoms with Crippen LogP contribution in [0.2, 0.25) is 0 Å². The largest absolute Gasteiger partial charge is 0.435 e. The van der Waals surface area contributed by atoms with Gasteiger partial charge in [-0.3, -0.25) is 9.80 Å². The highest BCUT2D eigenvalue weighted by Gasteiger charge is 2.44. The van der Waals surface area contributed by atoms with Crippen LogP contribution >= 0.6 is 0 Å². The van der Waals surface area contributed by atoms with Crippen LogP contribution in [0.5, 0.6) is 0 Å². The van der Waals surface area contributed by atoms with Crippen LogP contribution in [0.25, 0.3) is 110 Å². The number of pyridine rings is 8. The molecule has 20 aromatic rings. The van der Waals surface area contributed by atoms with Crippen molar-refractivity contribution in [2.75, 3.05) is 63.1 Å². The smallest absolute Gasteiger partial charge is 0.227 e. The van der Waals surface area contributed by atoms with Crippen LogP contribution in [0, 0.1) is 34.6 Å². The summed E-state index contributed by atoms with van der Waals surface area (Å²) in [5.41, 5.74) is 22.1. The number of furan rings is 5. The van der Waals surface area contributed by atoms with Crippen LogP contribution in [-0.4, -0.2) is 123 Å². The van der Waals surface area contributed by atoms with Crippen molar-refractivity contribution in [3.8, 4) is 0 Å². The van der Waals surface area contributed by atoms with Crippen LogP contribution in [0.4, 0.5) is 86.2 Å². The molecule has 27 heteroatoms. The van der Waals surface area contributed by atoms with Gasteiger partial charge >= 0.3 is 0 Å². The highest BCUT2D eigenvalue weighted by Crippen LogP contribution is 2.54. The minimum Gasteiger partial charge on any atom is -0.435 e. The third-order valence-electron chi connectivity index (χ3n) is 26.3. The first kappa shape index (κ1) is 82.4. The van der Waals surface area contributed by atoms with Gasteiger partial charge in [-0.15, -0.1) is 0 Å². The van der Waals surface area contributed by atoms with Gasteiger partial charge in [-0.1, -0.05) is 60.7 Å². The van der Waals surface area contributed by atoms with Crippen LogP contribution < -0.4 is 49.0 Å². The van der Waals surface area contributed by atoms with Gasteiger partial charge in [0.1, 0.15) is 30.8 Å². The molecular formula is C104H100N22O5. The minimum atomic E-state index is 0.0767. The molecule has 0 aliphatic carbocycles. The van der Waals surface area contributed by atoms with Crippen molar-refractivity contribution in [2.45, 2.75) is 160 Å². The number of hydrogen-bond donors (Lipinski definition) is 0. The van der Waals surface area contributed by atoms with Gasteiger partial charge in [-0.05, 0) is 236 Å². The fourth-order valence-electron chi connectivity index (χ4n) is 20.2. The summed E-state index contributed by atoms with van der Waals surface area (Å²) in [5.74, 6) is 6.48. The lowest BCUT2D eigenvalue weighted by Crippen LogP contribution is -2.42. The first-order chi connectivity index (χ1) is 63.6. The maximum atomic E-state index is 6.24. The average Bonchev–Trinajstić information content (AvgIpc) is 1.61. The molecule has 15 aromatic heterocycles. The van der Waals surface area contributed by atoms with E-state index < -0.39 is 0 Å². The quantitative estimate of drug-likeness (QED) is 0.137. The second-order valence-electron chi connectivity index (χ2n) is 35.0. The van der Waals surface area contributed by atoms with E-state index >= 15 is 0 Å². The lowest BCUT2D eigenvalue weighted by molar-refractivity contribution is 0.597. The maximum absolute atomic E-state index is 6.24. The summed E-state index contributed by atoms with van der Waals surface area (Å²) >= 11 is 0. The molecule has 5 unspecified atom stereocenters. The molecule has 0 fully saturated rings. The Bertz CT molecular complexity index is 7230. The Morgan fingerprint density at radius 1 is 0.221 bits per heavy atom. The van der Waals surface area contributed by atoms with Gasteiger partial charge in [0.25, 0.3) is 0 Å². The second-order valence-corrected chi connectivity index (χ2v) is 35.0. The topological polar surface area (TPSA) is 253 Å². The van der Waals surface area contributed by atoms with Crippen LogP contribution in [0.3, 0.4) is 0 Å². The third kappa shape index (κ3) is 13.2. The summed E-state index contributed by atoms with van der Waals surface area (Å²) in [6.07, 6.45) is 21.9. The summed E-state index contributed by atoms with van der Waals surface area (Å²) in [7, 11) is 4.11. The van der Waals surface area contributed by atoms with Gasteiger partial charge in [-0.2, -0.15) is 0 Å². The Hall–Kier alpha value is -15.5.